The van der Waals surface area contributed by atoms with Gasteiger partial charge in [-0.3, -0.25) is 4.79 Å². The first-order valence-corrected chi connectivity index (χ1v) is 9.77. The van der Waals surface area contributed by atoms with Crippen molar-refractivity contribution in [2.75, 3.05) is 6.61 Å². The third kappa shape index (κ3) is 4.32. The third-order valence-corrected chi connectivity index (χ3v) is 4.69. The molecule has 1 aliphatic rings. The van der Waals surface area contributed by atoms with Crippen molar-refractivity contribution in [1.29, 1.82) is 5.26 Å². The van der Waals surface area contributed by atoms with Gasteiger partial charge < -0.3 is 9.30 Å². The Bertz CT molecular complexity index is 1080. The molecule has 0 unspecified atom stereocenters. The molecule has 0 radical (unpaired) electrons. The van der Waals surface area contributed by atoms with Crippen molar-refractivity contribution in [3.8, 4) is 17.3 Å². The molecule has 0 amide bonds. The standard InChI is InChI=1S/C21H21N3O3.C2H6/c1-4-27-20-10-9-19-17(11-16(20)13(2)25)18(12-22)21(24(19)3)14-5-7-15(23-26)8-6-14;1-2/h5-9,11,23,26H,4,10H2,1-3H3;1-2H3/p+1. The van der Waals surface area contributed by atoms with Crippen molar-refractivity contribution < 1.29 is 20.2 Å². The predicted molar refractivity (Wildman–Crippen MR) is 112 cm³/mol. The van der Waals surface area contributed by atoms with Crippen LogP contribution in [0.15, 0.2) is 35.6 Å². The summed E-state index contributed by atoms with van der Waals surface area (Å²) >= 11 is 0. The van der Waals surface area contributed by atoms with Crippen molar-refractivity contribution in [3.63, 3.8) is 0 Å². The molecule has 0 fully saturated rings. The lowest BCUT2D eigenvalue weighted by Gasteiger charge is -2.09. The summed E-state index contributed by atoms with van der Waals surface area (Å²) in [6.07, 6.45) is 4.25. The molecule has 3 rings (SSSR count). The highest BCUT2D eigenvalue weighted by Crippen LogP contribution is 2.23. The van der Waals surface area contributed by atoms with Crippen molar-refractivity contribution >= 4 is 23.6 Å². The van der Waals surface area contributed by atoms with E-state index in [1.54, 1.807) is 18.2 Å². The largest absolute Gasteiger partial charge is 0.497 e. The molecule has 3 N–H and O–H groups in total. The molecule has 2 aromatic rings. The first-order chi connectivity index (χ1) is 14.0. The van der Waals surface area contributed by atoms with Gasteiger partial charge in [0.2, 0.25) is 0 Å². The fourth-order valence-corrected chi connectivity index (χ4v) is 3.43. The van der Waals surface area contributed by atoms with Gasteiger partial charge >= 0.3 is 0 Å². The van der Waals surface area contributed by atoms with E-state index in [4.69, 9.17) is 9.94 Å². The number of ketones is 1. The number of allylic oxidation sites excluding steroid dienone is 2. The number of Topliss-reactive ketones (excluding diaryl/α,β-unsaturated/α-hetero) is 1. The van der Waals surface area contributed by atoms with Gasteiger partial charge in [-0.15, -0.1) is 0 Å². The number of hydrogen-bond donors (Lipinski definition) is 2. The lowest BCUT2D eigenvalue weighted by molar-refractivity contribution is -0.825. The predicted octanol–water partition coefficient (Wildman–Crippen LogP) is 2.02. The van der Waals surface area contributed by atoms with E-state index in [0.29, 0.717) is 35.6 Å². The van der Waals surface area contributed by atoms with Crippen LogP contribution in [0, 0.1) is 11.3 Å². The van der Waals surface area contributed by atoms with Gasteiger partial charge in [-0.2, -0.15) is 10.7 Å². The molecule has 29 heavy (non-hydrogen) atoms. The number of benzene rings is 1. The van der Waals surface area contributed by atoms with E-state index >= 15 is 0 Å². The number of carbonyl (C=O) groups is 1. The number of quaternary nitrogens is 1. The van der Waals surface area contributed by atoms with Crippen LogP contribution in [0.4, 0.5) is 5.69 Å². The second kappa shape index (κ2) is 9.87. The second-order valence-electron chi connectivity index (χ2n) is 6.32. The smallest absolute Gasteiger partial charge is 0.163 e. The van der Waals surface area contributed by atoms with Gasteiger partial charge in [-0.05, 0) is 37.6 Å². The minimum atomic E-state index is -0.0863. The van der Waals surface area contributed by atoms with Crippen molar-refractivity contribution in [1.82, 2.24) is 4.57 Å². The molecule has 6 heteroatoms. The molecular weight excluding hydrogens is 366 g/mol. The summed E-state index contributed by atoms with van der Waals surface area (Å²) in [5, 5.41) is 20.6. The van der Waals surface area contributed by atoms with Crippen LogP contribution < -0.4 is 16.0 Å². The average molecular weight is 394 g/mol. The molecule has 0 spiro atoms. The van der Waals surface area contributed by atoms with Gasteiger partial charge in [0.05, 0.1) is 23.4 Å². The highest BCUT2D eigenvalue weighted by molar-refractivity contribution is 6.02. The maximum atomic E-state index is 12.2. The number of aromatic nitrogens is 1. The lowest BCUT2D eigenvalue weighted by Crippen LogP contribution is -2.73. The van der Waals surface area contributed by atoms with Crippen LogP contribution in [-0.2, 0) is 16.6 Å². The minimum Gasteiger partial charge on any atom is -0.497 e. The lowest BCUT2D eigenvalue weighted by atomic mass is 10.0. The number of nitrogens with two attached hydrogens (primary N) is 1. The topological polar surface area (TPSA) is 91.9 Å². The Morgan fingerprint density at radius 2 is 1.97 bits per heavy atom. The molecule has 0 aliphatic heterocycles. The Morgan fingerprint density at radius 3 is 2.48 bits per heavy atom. The van der Waals surface area contributed by atoms with Crippen molar-refractivity contribution in [2.45, 2.75) is 34.1 Å². The van der Waals surface area contributed by atoms with Crippen LogP contribution in [-0.4, -0.2) is 22.2 Å². The number of fused-ring (bicyclic) bond motifs is 1. The number of nitriles is 1. The fourth-order valence-electron chi connectivity index (χ4n) is 3.43. The molecule has 1 aromatic heterocycles. The molecular formula is C23H28N3O3+. The Hall–Kier alpha value is -3.14. The molecule has 1 aromatic carbocycles. The minimum absolute atomic E-state index is 0.0863. The second-order valence-corrected chi connectivity index (χ2v) is 6.32. The van der Waals surface area contributed by atoms with Crippen molar-refractivity contribution in [2.24, 2.45) is 7.05 Å². The fraction of sp³-hybridized carbons (Fsp3) is 0.304. The summed E-state index contributed by atoms with van der Waals surface area (Å²) < 4.78 is 7.64. The van der Waals surface area contributed by atoms with Gasteiger partial charge in [0, 0.05) is 36.2 Å². The molecule has 6 nitrogen and oxygen atoms in total. The first kappa shape index (κ1) is 22.2. The first-order valence-electron chi connectivity index (χ1n) is 9.77. The Morgan fingerprint density at radius 1 is 1.31 bits per heavy atom. The van der Waals surface area contributed by atoms with Crippen LogP contribution in [0.5, 0.6) is 0 Å². The van der Waals surface area contributed by atoms with E-state index in [2.05, 4.69) is 6.07 Å². The zero-order chi connectivity index (χ0) is 21.6. The summed E-state index contributed by atoms with van der Waals surface area (Å²) in [7, 11) is 1.91. The maximum absolute atomic E-state index is 12.2. The monoisotopic (exact) mass is 394 g/mol. The Kier molecular flexibility index (Phi) is 7.54. The molecule has 152 valence electrons. The third-order valence-electron chi connectivity index (χ3n) is 4.69. The van der Waals surface area contributed by atoms with Gasteiger partial charge in [0.25, 0.3) is 0 Å². The molecule has 1 aliphatic carbocycles. The molecule has 1 heterocycles. The number of carbonyl (C=O) groups excluding carboxylic acids is 1. The highest BCUT2D eigenvalue weighted by atomic mass is 16.5. The van der Waals surface area contributed by atoms with Crippen LogP contribution in [0.1, 0.15) is 39.7 Å². The summed E-state index contributed by atoms with van der Waals surface area (Å²) in [4.78, 5) is 12.2. The molecule has 0 saturated carbocycles. The molecule has 0 bridgehead atoms. The molecule has 0 atom stereocenters. The van der Waals surface area contributed by atoms with E-state index in [0.717, 1.165) is 27.3 Å². The SMILES string of the molecule is CC.CCOC1=C(C(C)=O)C=c2c(C#N)c(-c3ccc([NH2+]O)cc3)n(C)c2=CC1. The summed E-state index contributed by atoms with van der Waals surface area (Å²) in [6, 6.07) is 9.61. The van der Waals surface area contributed by atoms with Gasteiger partial charge in [0.15, 0.2) is 11.5 Å². The number of rotatable bonds is 5. The van der Waals surface area contributed by atoms with Crippen LogP contribution >= 0.6 is 0 Å². The van der Waals surface area contributed by atoms with Crippen LogP contribution in [0.3, 0.4) is 0 Å². The summed E-state index contributed by atoms with van der Waals surface area (Å²) in [5.74, 6) is 0.548. The van der Waals surface area contributed by atoms with Crippen LogP contribution in [0.25, 0.3) is 23.4 Å². The Balaban J connectivity index is 0.00000145. The maximum Gasteiger partial charge on any atom is 0.163 e. The normalized spacial score (nSPS) is 12.4. The number of hydrogen-bond acceptors (Lipinski definition) is 4. The number of ether oxygens (including phenoxy) is 1. The Labute approximate surface area is 171 Å². The van der Waals surface area contributed by atoms with Gasteiger partial charge in [0.1, 0.15) is 11.8 Å². The molecule has 0 saturated heterocycles. The van der Waals surface area contributed by atoms with Crippen molar-refractivity contribution in [3.05, 3.63) is 51.7 Å². The van der Waals surface area contributed by atoms with Crippen LogP contribution in [0.2, 0.25) is 0 Å². The quantitative estimate of drug-likeness (QED) is 0.599. The van der Waals surface area contributed by atoms with E-state index in [9.17, 15) is 10.1 Å². The van der Waals surface area contributed by atoms with Gasteiger partial charge in [-0.25, -0.2) is 5.21 Å². The zero-order valence-electron chi connectivity index (χ0n) is 17.6. The van der Waals surface area contributed by atoms with E-state index in [1.165, 1.54) is 6.92 Å². The number of nitrogens with zero attached hydrogens (tertiary/aromatic N) is 2. The summed E-state index contributed by atoms with van der Waals surface area (Å²) in [5.41, 5.74) is 4.40. The van der Waals surface area contributed by atoms with Gasteiger partial charge in [-0.1, -0.05) is 19.9 Å². The highest BCUT2D eigenvalue weighted by Gasteiger charge is 2.19. The summed E-state index contributed by atoms with van der Waals surface area (Å²) in [6.45, 7) is 7.87. The zero-order valence-corrected chi connectivity index (χ0v) is 17.6. The van der Waals surface area contributed by atoms with E-state index in [1.807, 2.05) is 50.6 Å². The van der Waals surface area contributed by atoms with E-state index in [-0.39, 0.29) is 5.78 Å². The average Bonchev–Trinajstić information content (AvgIpc) is 2.88. The van der Waals surface area contributed by atoms with E-state index < -0.39 is 0 Å².